The number of aromatic nitrogens is 3. The van der Waals surface area contributed by atoms with Crippen molar-refractivity contribution in [3.05, 3.63) is 54.0 Å². The molecular weight excluding hydrogens is 407 g/mol. The van der Waals surface area contributed by atoms with Gasteiger partial charge in [0.25, 0.3) is 0 Å². The van der Waals surface area contributed by atoms with Crippen molar-refractivity contribution in [2.45, 2.75) is 0 Å². The molecule has 0 aliphatic carbocycles. The number of halogens is 3. The van der Waals surface area contributed by atoms with Crippen LogP contribution in [0.15, 0.2) is 36.5 Å². The first kappa shape index (κ1) is 19.5. The Morgan fingerprint density at radius 1 is 1.00 bits per heavy atom. The van der Waals surface area contributed by atoms with E-state index in [4.69, 9.17) is 4.74 Å². The number of anilines is 1. The minimum absolute atomic E-state index is 0.0131. The van der Waals surface area contributed by atoms with Crippen molar-refractivity contribution in [3.63, 3.8) is 0 Å². The second-order valence-corrected chi connectivity index (χ2v) is 7.22. The Balaban J connectivity index is 1.77. The number of rotatable bonds is 3. The van der Waals surface area contributed by atoms with E-state index in [1.54, 1.807) is 12.1 Å². The van der Waals surface area contributed by atoms with E-state index in [1.165, 1.54) is 25.4 Å². The molecule has 5 rings (SSSR count). The fourth-order valence-electron chi connectivity index (χ4n) is 3.93. The van der Waals surface area contributed by atoms with Crippen molar-refractivity contribution in [1.29, 1.82) is 0 Å². The topological polar surface area (TPSA) is 63.2 Å². The van der Waals surface area contributed by atoms with Crippen molar-refractivity contribution in [2.75, 3.05) is 38.2 Å². The number of ether oxygens (including phenoxy) is 1. The third kappa shape index (κ3) is 3.21. The number of pyridine rings is 1. The molecule has 4 aromatic rings. The summed E-state index contributed by atoms with van der Waals surface area (Å²) in [5.41, 5.74) is 0.0454. The van der Waals surface area contributed by atoms with Crippen LogP contribution in [-0.4, -0.2) is 48.2 Å². The van der Waals surface area contributed by atoms with Gasteiger partial charge in [-0.25, -0.2) is 13.2 Å². The fourth-order valence-corrected chi connectivity index (χ4v) is 3.93. The van der Waals surface area contributed by atoms with Gasteiger partial charge in [-0.15, -0.1) is 0 Å². The molecule has 0 amide bonds. The van der Waals surface area contributed by atoms with Crippen molar-refractivity contribution in [3.8, 4) is 17.3 Å². The van der Waals surface area contributed by atoms with Crippen LogP contribution in [0.25, 0.3) is 32.9 Å². The number of nitrogens with zero attached hydrogens (tertiary/aromatic N) is 4. The van der Waals surface area contributed by atoms with E-state index < -0.39 is 17.5 Å². The summed E-state index contributed by atoms with van der Waals surface area (Å²) in [5.74, 6) is -2.27. The second kappa shape index (κ2) is 7.66. The summed E-state index contributed by atoms with van der Waals surface area (Å²) in [6.45, 7) is 2.91. The molecule has 31 heavy (non-hydrogen) atoms. The van der Waals surface area contributed by atoms with Crippen molar-refractivity contribution >= 4 is 27.5 Å². The quantitative estimate of drug-likeness (QED) is 0.540. The van der Waals surface area contributed by atoms with Gasteiger partial charge in [0.15, 0.2) is 17.5 Å². The maximum absolute atomic E-state index is 15.7. The van der Waals surface area contributed by atoms with Gasteiger partial charge in [0.05, 0.1) is 12.5 Å². The molecule has 2 aromatic carbocycles. The SMILES string of the molecule is COc1nc(N2CCNCC2)c2cnc(-c3cccc4ccc(F)c(F)c34)c(F)c2n1. The number of methoxy groups -OCH3 is 1. The van der Waals surface area contributed by atoms with Gasteiger partial charge in [-0.1, -0.05) is 24.3 Å². The van der Waals surface area contributed by atoms with Gasteiger partial charge in [-0.05, 0) is 11.5 Å². The van der Waals surface area contributed by atoms with Crippen LogP contribution in [0.4, 0.5) is 19.0 Å². The van der Waals surface area contributed by atoms with Gasteiger partial charge in [-0.3, -0.25) is 4.98 Å². The lowest BCUT2D eigenvalue weighted by atomic mass is 10.00. The fraction of sp³-hybridized carbons (Fsp3) is 0.227. The molecule has 0 atom stereocenters. The summed E-state index contributed by atoms with van der Waals surface area (Å²) in [6.07, 6.45) is 1.47. The zero-order valence-electron chi connectivity index (χ0n) is 16.6. The average Bonchev–Trinajstić information content (AvgIpc) is 2.81. The molecule has 1 saturated heterocycles. The van der Waals surface area contributed by atoms with Gasteiger partial charge in [0, 0.05) is 43.3 Å². The molecular formula is C22H18F3N5O. The predicted octanol–water partition coefficient (Wildman–Crippen LogP) is 3.68. The summed E-state index contributed by atoms with van der Waals surface area (Å²) in [7, 11) is 1.41. The first-order chi connectivity index (χ1) is 15.1. The number of nitrogens with one attached hydrogen (secondary N) is 1. The largest absolute Gasteiger partial charge is 0.467 e. The Morgan fingerprint density at radius 2 is 1.81 bits per heavy atom. The Morgan fingerprint density at radius 3 is 2.58 bits per heavy atom. The Labute approximate surface area is 175 Å². The molecule has 0 spiro atoms. The van der Waals surface area contributed by atoms with E-state index in [9.17, 15) is 8.78 Å². The standard InChI is InChI=1S/C22H18F3N5O/c1-31-22-28-20-14(21(29-22)30-9-7-26-8-10-30)11-27-19(18(20)25)13-4-2-3-12-5-6-15(23)17(24)16(12)13/h2-6,11,26H,7-10H2,1H3. The lowest BCUT2D eigenvalue weighted by Gasteiger charge is -2.29. The van der Waals surface area contributed by atoms with Gasteiger partial charge in [0.2, 0.25) is 0 Å². The van der Waals surface area contributed by atoms with Crippen molar-refractivity contribution < 1.29 is 17.9 Å². The van der Waals surface area contributed by atoms with Crippen LogP contribution < -0.4 is 15.0 Å². The highest BCUT2D eigenvalue weighted by Crippen LogP contribution is 2.36. The number of hydrogen-bond acceptors (Lipinski definition) is 6. The Kier molecular flexibility index (Phi) is 4.82. The van der Waals surface area contributed by atoms with E-state index in [1.807, 2.05) is 4.90 Å². The normalized spacial score (nSPS) is 14.4. The molecule has 0 unspecified atom stereocenters. The van der Waals surface area contributed by atoms with Crippen LogP contribution in [-0.2, 0) is 0 Å². The molecule has 1 N–H and O–H groups in total. The number of piperazine rings is 1. The first-order valence-corrected chi connectivity index (χ1v) is 9.81. The molecule has 1 aliphatic heterocycles. The zero-order valence-corrected chi connectivity index (χ0v) is 16.6. The minimum Gasteiger partial charge on any atom is -0.467 e. The molecule has 158 valence electrons. The summed E-state index contributed by atoms with van der Waals surface area (Å²) < 4.78 is 49.5. The number of fused-ring (bicyclic) bond motifs is 2. The molecule has 1 fully saturated rings. The highest BCUT2D eigenvalue weighted by atomic mass is 19.2. The number of benzene rings is 2. The van der Waals surface area contributed by atoms with Crippen molar-refractivity contribution in [1.82, 2.24) is 20.3 Å². The van der Waals surface area contributed by atoms with Gasteiger partial charge in [0.1, 0.15) is 17.0 Å². The van der Waals surface area contributed by atoms with Gasteiger partial charge >= 0.3 is 6.01 Å². The van der Waals surface area contributed by atoms with Crippen LogP contribution >= 0.6 is 0 Å². The van der Waals surface area contributed by atoms with Crippen LogP contribution in [0.3, 0.4) is 0 Å². The van der Waals surface area contributed by atoms with E-state index in [0.717, 1.165) is 19.2 Å². The Bertz CT molecular complexity index is 1310. The molecule has 0 saturated carbocycles. The molecule has 2 aromatic heterocycles. The summed E-state index contributed by atoms with van der Waals surface area (Å²) in [4.78, 5) is 14.9. The smallest absolute Gasteiger partial charge is 0.318 e. The molecule has 0 bridgehead atoms. The van der Waals surface area contributed by atoms with E-state index >= 15 is 4.39 Å². The average molecular weight is 425 g/mol. The molecule has 3 heterocycles. The van der Waals surface area contributed by atoms with E-state index in [2.05, 4.69) is 20.3 Å². The van der Waals surface area contributed by atoms with Gasteiger partial charge < -0.3 is 15.0 Å². The monoisotopic (exact) mass is 425 g/mol. The maximum atomic E-state index is 15.7. The molecule has 0 radical (unpaired) electrons. The van der Waals surface area contributed by atoms with Crippen LogP contribution in [0.2, 0.25) is 0 Å². The lowest BCUT2D eigenvalue weighted by Crippen LogP contribution is -2.44. The first-order valence-electron chi connectivity index (χ1n) is 9.81. The maximum Gasteiger partial charge on any atom is 0.318 e. The summed E-state index contributed by atoms with van der Waals surface area (Å²) in [6, 6.07) is 7.30. The third-order valence-corrected chi connectivity index (χ3v) is 5.43. The van der Waals surface area contributed by atoms with Gasteiger partial charge in [-0.2, -0.15) is 9.97 Å². The highest BCUT2D eigenvalue weighted by molar-refractivity contribution is 5.99. The van der Waals surface area contributed by atoms with Crippen molar-refractivity contribution in [2.24, 2.45) is 0 Å². The molecule has 9 heteroatoms. The third-order valence-electron chi connectivity index (χ3n) is 5.43. The van der Waals surface area contributed by atoms with Crippen LogP contribution in [0, 0.1) is 17.5 Å². The lowest BCUT2D eigenvalue weighted by molar-refractivity contribution is 0.381. The Hall–Kier alpha value is -3.46. The molecule has 1 aliphatic rings. The molecule has 6 nitrogen and oxygen atoms in total. The zero-order chi connectivity index (χ0) is 21.5. The highest BCUT2D eigenvalue weighted by Gasteiger charge is 2.23. The van der Waals surface area contributed by atoms with E-state index in [0.29, 0.717) is 29.7 Å². The number of hydrogen-bond donors (Lipinski definition) is 1. The summed E-state index contributed by atoms with van der Waals surface area (Å²) in [5, 5.41) is 4.10. The second-order valence-electron chi connectivity index (χ2n) is 7.22. The predicted molar refractivity (Wildman–Crippen MR) is 112 cm³/mol. The van der Waals surface area contributed by atoms with Crippen LogP contribution in [0.1, 0.15) is 0 Å². The van der Waals surface area contributed by atoms with E-state index in [-0.39, 0.29) is 28.2 Å². The minimum atomic E-state index is -1.05. The summed E-state index contributed by atoms with van der Waals surface area (Å²) >= 11 is 0. The van der Waals surface area contributed by atoms with Crippen LogP contribution in [0.5, 0.6) is 6.01 Å².